The van der Waals surface area contributed by atoms with Crippen LogP contribution in [0.1, 0.15) is 13.3 Å². The molecule has 0 aliphatic carbocycles. The molecule has 1 rings (SSSR count). The van der Waals surface area contributed by atoms with Crippen molar-refractivity contribution in [3.63, 3.8) is 0 Å². The molecule has 8 heteroatoms. The second-order valence-electron chi connectivity index (χ2n) is 3.98. The molecule has 21 heavy (non-hydrogen) atoms. The molecule has 0 heterocycles. The second kappa shape index (κ2) is 8.68. The smallest absolute Gasteiger partial charge is 0.404 e. The molecule has 0 spiro atoms. The number of alkyl halides is 3. The van der Waals surface area contributed by atoms with Gasteiger partial charge in [-0.3, -0.25) is 0 Å². The number of hydrogen-bond donors (Lipinski definition) is 2. The number of para-hydroxylation sites is 2. The maximum absolute atomic E-state index is 12.3. The quantitative estimate of drug-likeness (QED) is 0.595. The normalized spacial score (nSPS) is 11.0. The van der Waals surface area contributed by atoms with Crippen LogP contribution in [-0.4, -0.2) is 31.2 Å². The van der Waals surface area contributed by atoms with E-state index in [0.717, 1.165) is 6.42 Å². The Morgan fingerprint density at radius 3 is 2.67 bits per heavy atom. The summed E-state index contributed by atoms with van der Waals surface area (Å²) in [6.07, 6.45) is -4.00. The lowest BCUT2D eigenvalue weighted by molar-refractivity contribution is -0.274. The summed E-state index contributed by atoms with van der Waals surface area (Å²) in [4.78, 5) is 0. The Balaban J connectivity index is 2.48. The molecule has 1 aromatic carbocycles. The highest BCUT2D eigenvalue weighted by Gasteiger charge is 2.32. The van der Waals surface area contributed by atoms with Crippen molar-refractivity contribution in [3.8, 4) is 5.75 Å². The first-order valence-electron chi connectivity index (χ1n) is 6.39. The number of benzene rings is 1. The van der Waals surface area contributed by atoms with Crippen LogP contribution in [0.3, 0.4) is 0 Å². The molecule has 0 unspecified atom stereocenters. The predicted octanol–water partition coefficient (Wildman–Crippen LogP) is 3.30. The molecular weight excluding hydrogens is 305 g/mol. The standard InChI is InChI=1S/C13H17F3N2O2S/c1-2-19-9-5-8-17-12(21)18-10-6-3-4-7-11(10)20-13(14,15)16/h3-4,6-7H,2,5,8-9H2,1H3,(H2,17,18,21). The predicted molar refractivity (Wildman–Crippen MR) is 78.5 cm³/mol. The molecule has 0 fully saturated rings. The van der Waals surface area contributed by atoms with E-state index in [1.165, 1.54) is 18.2 Å². The van der Waals surface area contributed by atoms with Crippen LogP contribution in [0.25, 0.3) is 0 Å². The van der Waals surface area contributed by atoms with Crippen LogP contribution in [0.4, 0.5) is 18.9 Å². The van der Waals surface area contributed by atoms with E-state index in [1.54, 1.807) is 6.07 Å². The van der Waals surface area contributed by atoms with Crippen LogP contribution in [-0.2, 0) is 4.74 Å². The molecule has 4 nitrogen and oxygen atoms in total. The summed E-state index contributed by atoms with van der Waals surface area (Å²) in [5.74, 6) is -0.330. The Morgan fingerprint density at radius 1 is 1.29 bits per heavy atom. The number of anilines is 1. The molecule has 0 bridgehead atoms. The molecule has 0 atom stereocenters. The van der Waals surface area contributed by atoms with Gasteiger partial charge in [0, 0.05) is 19.8 Å². The van der Waals surface area contributed by atoms with E-state index in [2.05, 4.69) is 15.4 Å². The molecule has 0 saturated heterocycles. The Morgan fingerprint density at radius 2 is 2.00 bits per heavy atom. The number of ether oxygens (including phenoxy) is 2. The van der Waals surface area contributed by atoms with Gasteiger partial charge in [-0.25, -0.2) is 0 Å². The zero-order valence-corrected chi connectivity index (χ0v) is 12.3. The fourth-order valence-corrected chi connectivity index (χ4v) is 1.68. The third kappa shape index (κ3) is 7.72. The molecule has 0 amide bonds. The van der Waals surface area contributed by atoms with Crippen molar-refractivity contribution >= 4 is 23.0 Å². The fraction of sp³-hybridized carbons (Fsp3) is 0.462. The summed E-state index contributed by atoms with van der Waals surface area (Å²) in [7, 11) is 0. The van der Waals surface area contributed by atoms with E-state index in [9.17, 15) is 13.2 Å². The molecule has 0 saturated carbocycles. The van der Waals surface area contributed by atoms with Crippen LogP contribution < -0.4 is 15.4 Å². The van der Waals surface area contributed by atoms with Crippen LogP contribution in [0.5, 0.6) is 5.75 Å². The van der Waals surface area contributed by atoms with Crippen LogP contribution in [0.2, 0.25) is 0 Å². The topological polar surface area (TPSA) is 42.5 Å². The molecule has 0 aliphatic heterocycles. The molecule has 0 aromatic heterocycles. The van der Waals surface area contributed by atoms with Crippen LogP contribution >= 0.6 is 12.2 Å². The van der Waals surface area contributed by atoms with Gasteiger partial charge < -0.3 is 20.1 Å². The van der Waals surface area contributed by atoms with Crippen molar-refractivity contribution < 1.29 is 22.6 Å². The molecule has 0 aliphatic rings. The number of hydrogen-bond acceptors (Lipinski definition) is 3. The Labute approximate surface area is 126 Å². The lowest BCUT2D eigenvalue weighted by atomic mass is 10.3. The summed E-state index contributed by atoms with van der Waals surface area (Å²) in [6, 6.07) is 5.71. The first kappa shape index (κ1) is 17.5. The van der Waals surface area contributed by atoms with E-state index < -0.39 is 6.36 Å². The zero-order valence-electron chi connectivity index (χ0n) is 11.5. The monoisotopic (exact) mass is 322 g/mol. The number of nitrogens with one attached hydrogen (secondary N) is 2. The highest BCUT2D eigenvalue weighted by Crippen LogP contribution is 2.29. The van der Waals surface area contributed by atoms with Gasteiger partial charge in [0.2, 0.25) is 0 Å². The summed E-state index contributed by atoms with van der Waals surface area (Å²) >= 11 is 5.02. The summed E-state index contributed by atoms with van der Waals surface area (Å²) < 4.78 is 45.9. The van der Waals surface area contributed by atoms with Crippen molar-refractivity contribution in [1.29, 1.82) is 0 Å². The fourth-order valence-electron chi connectivity index (χ4n) is 1.47. The second-order valence-corrected chi connectivity index (χ2v) is 4.38. The van der Waals surface area contributed by atoms with Crippen molar-refractivity contribution in [3.05, 3.63) is 24.3 Å². The summed E-state index contributed by atoms with van der Waals surface area (Å²) in [5.41, 5.74) is 0.150. The molecule has 0 radical (unpaired) electrons. The minimum atomic E-state index is -4.75. The summed E-state index contributed by atoms with van der Waals surface area (Å²) in [5, 5.41) is 5.79. The maximum atomic E-state index is 12.3. The van der Waals surface area contributed by atoms with E-state index in [4.69, 9.17) is 17.0 Å². The minimum Gasteiger partial charge on any atom is -0.404 e. The van der Waals surface area contributed by atoms with E-state index in [1.807, 2.05) is 6.92 Å². The average molecular weight is 322 g/mol. The Hall–Kier alpha value is -1.54. The van der Waals surface area contributed by atoms with Crippen molar-refractivity contribution in [1.82, 2.24) is 5.32 Å². The van der Waals surface area contributed by atoms with Gasteiger partial charge in [-0.2, -0.15) is 0 Å². The molecular formula is C13H17F3N2O2S. The average Bonchev–Trinajstić information content (AvgIpc) is 2.39. The van der Waals surface area contributed by atoms with Gasteiger partial charge in [0.05, 0.1) is 5.69 Å². The van der Waals surface area contributed by atoms with Crippen LogP contribution in [0, 0.1) is 0 Å². The van der Waals surface area contributed by atoms with Crippen molar-refractivity contribution in [2.75, 3.05) is 25.1 Å². The third-order valence-corrected chi connectivity index (χ3v) is 2.56. The van der Waals surface area contributed by atoms with Gasteiger partial charge in [-0.1, -0.05) is 12.1 Å². The van der Waals surface area contributed by atoms with E-state index >= 15 is 0 Å². The molecule has 2 N–H and O–H groups in total. The third-order valence-electron chi connectivity index (χ3n) is 2.32. The Kier molecular flexibility index (Phi) is 7.24. The molecule has 118 valence electrons. The van der Waals surface area contributed by atoms with Gasteiger partial charge >= 0.3 is 6.36 Å². The SMILES string of the molecule is CCOCCCNC(=S)Nc1ccccc1OC(F)(F)F. The molecule has 1 aromatic rings. The van der Waals surface area contributed by atoms with Crippen molar-refractivity contribution in [2.24, 2.45) is 0 Å². The van der Waals surface area contributed by atoms with Gasteiger partial charge in [0.25, 0.3) is 0 Å². The number of halogens is 3. The highest BCUT2D eigenvalue weighted by molar-refractivity contribution is 7.80. The van der Waals surface area contributed by atoms with Gasteiger partial charge in [0.1, 0.15) is 0 Å². The minimum absolute atomic E-state index is 0.150. The van der Waals surface area contributed by atoms with Crippen molar-refractivity contribution in [2.45, 2.75) is 19.7 Å². The number of rotatable bonds is 7. The van der Waals surface area contributed by atoms with E-state index in [0.29, 0.717) is 19.8 Å². The first-order valence-corrected chi connectivity index (χ1v) is 6.80. The van der Waals surface area contributed by atoms with Gasteiger partial charge in [0.15, 0.2) is 10.9 Å². The lowest BCUT2D eigenvalue weighted by Gasteiger charge is -2.15. The first-order chi connectivity index (χ1) is 9.92. The maximum Gasteiger partial charge on any atom is 0.573 e. The number of thiocarbonyl (C=S) groups is 1. The van der Waals surface area contributed by atoms with Gasteiger partial charge in [-0.15, -0.1) is 13.2 Å². The van der Waals surface area contributed by atoms with Crippen LogP contribution in [0.15, 0.2) is 24.3 Å². The van der Waals surface area contributed by atoms with Gasteiger partial charge in [-0.05, 0) is 37.7 Å². The Bertz CT molecular complexity index is 455. The highest BCUT2D eigenvalue weighted by atomic mass is 32.1. The van der Waals surface area contributed by atoms with E-state index in [-0.39, 0.29) is 16.5 Å². The summed E-state index contributed by atoms with van der Waals surface area (Å²) in [6.45, 7) is 3.70. The largest absolute Gasteiger partial charge is 0.573 e. The zero-order chi connectivity index (χ0) is 15.7. The lowest BCUT2D eigenvalue weighted by Crippen LogP contribution is -2.30.